The molecule has 1 aliphatic rings. The van der Waals surface area contributed by atoms with Gasteiger partial charge in [-0.1, -0.05) is 24.3 Å². The van der Waals surface area contributed by atoms with Crippen LogP contribution in [0.3, 0.4) is 0 Å². The van der Waals surface area contributed by atoms with Crippen molar-refractivity contribution < 1.29 is 9.53 Å². The Morgan fingerprint density at radius 1 is 1.14 bits per heavy atom. The number of H-pyrrole nitrogens is 1. The van der Waals surface area contributed by atoms with Gasteiger partial charge in [0.15, 0.2) is 0 Å². The maximum Gasteiger partial charge on any atom is 0.224 e. The van der Waals surface area contributed by atoms with E-state index in [0.717, 1.165) is 40.0 Å². The third-order valence-corrected chi connectivity index (χ3v) is 5.12. The number of aromatic nitrogens is 2. The predicted molar refractivity (Wildman–Crippen MR) is 109 cm³/mol. The van der Waals surface area contributed by atoms with Crippen LogP contribution in [0.4, 0.5) is 0 Å². The van der Waals surface area contributed by atoms with Crippen molar-refractivity contribution in [2.75, 3.05) is 7.11 Å². The zero-order valence-corrected chi connectivity index (χ0v) is 16.3. The molecule has 1 aromatic heterocycles. The van der Waals surface area contributed by atoms with Crippen LogP contribution in [-0.2, 0) is 17.8 Å². The summed E-state index contributed by atoms with van der Waals surface area (Å²) in [6, 6.07) is 16.2. The van der Waals surface area contributed by atoms with E-state index in [1.807, 2.05) is 31.2 Å². The fraction of sp³-hybridized carbons (Fsp3) is 0.304. The number of benzene rings is 2. The van der Waals surface area contributed by atoms with Gasteiger partial charge in [0.05, 0.1) is 31.5 Å². The number of aromatic amines is 1. The quantitative estimate of drug-likeness (QED) is 0.652. The smallest absolute Gasteiger partial charge is 0.224 e. The molecule has 0 spiro atoms. The van der Waals surface area contributed by atoms with E-state index < -0.39 is 0 Å². The highest BCUT2D eigenvalue weighted by Crippen LogP contribution is 2.39. The van der Waals surface area contributed by atoms with Gasteiger partial charge < -0.3 is 15.0 Å². The molecule has 1 aliphatic carbocycles. The van der Waals surface area contributed by atoms with Crippen molar-refractivity contribution in [2.45, 2.75) is 38.6 Å². The number of rotatable bonds is 7. The average molecular weight is 375 g/mol. The fourth-order valence-corrected chi connectivity index (χ4v) is 3.42. The van der Waals surface area contributed by atoms with Gasteiger partial charge in [0.25, 0.3) is 0 Å². The number of methoxy groups -OCH3 is 1. The van der Waals surface area contributed by atoms with E-state index >= 15 is 0 Å². The molecule has 1 heterocycles. The Morgan fingerprint density at radius 2 is 1.86 bits per heavy atom. The van der Waals surface area contributed by atoms with Crippen LogP contribution in [0.15, 0.2) is 48.5 Å². The van der Waals surface area contributed by atoms with Gasteiger partial charge in [0.2, 0.25) is 5.91 Å². The number of hydrogen-bond acceptors (Lipinski definition) is 3. The summed E-state index contributed by atoms with van der Waals surface area (Å²) in [6.07, 6.45) is 2.96. The van der Waals surface area contributed by atoms with Gasteiger partial charge in [-0.2, -0.15) is 0 Å². The summed E-state index contributed by atoms with van der Waals surface area (Å²) < 4.78 is 5.22. The van der Waals surface area contributed by atoms with Crippen molar-refractivity contribution >= 4 is 5.91 Å². The fourth-order valence-electron chi connectivity index (χ4n) is 3.42. The average Bonchev–Trinajstić information content (AvgIpc) is 3.49. The second-order valence-corrected chi connectivity index (χ2v) is 7.34. The Labute approximate surface area is 165 Å². The van der Waals surface area contributed by atoms with Crippen molar-refractivity contribution in [3.63, 3.8) is 0 Å². The predicted octanol–water partition coefficient (Wildman–Crippen LogP) is 4.13. The highest BCUT2D eigenvalue weighted by atomic mass is 16.5. The molecule has 144 valence electrons. The molecule has 1 saturated carbocycles. The molecule has 0 unspecified atom stereocenters. The van der Waals surface area contributed by atoms with Gasteiger partial charge in [0, 0.05) is 5.56 Å². The maximum atomic E-state index is 12.4. The summed E-state index contributed by atoms with van der Waals surface area (Å²) in [5.74, 6) is 2.37. The molecular weight excluding hydrogens is 350 g/mol. The first-order chi connectivity index (χ1) is 13.6. The normalized spacial score (nSPS) is 13.4. The number of nitrogens with zero attached hydrogens (tertiary/aromatic N) is 1. The number of nitrogens with one attached hydrogen (secondary N) is 2. The van der Waals surface area contributed by atoms with Crippen molar-refractivity contribution in [3.8, 4) is 17.0 Å². The van der Waals surface area contributed by atoms with E-state index in [1.54, 1.807) is 7.11 Å². The lowest BCUT2D eigenvalue weighted by molar-refractivity contribution is -0.120. The Morgan fingerprint density at radius 3 is 2.50 bits per heavy atom. The zero-order chi connectivity index (χ0) is 19.5. The molecule has 1 amide bonds. The molecule has 0 saturated heterocycles. The van der Waals surface area contributed by atoms with Crippen molar-refractivity contribution in [1.82, 2.24) is 15.3 Å². The van der Waals surface area contributed by atoms with Crippen LogP contribution in [0.5, 0.6) is 5.75 Å². The van der Waals surface area contributed by atoms with Gasteiger partial charge in [-0.25, -0.2) is 4.98 Å². The minimum Gasteiger partial charge on any atom is -0.497 e. The minimum atomic E-state index is 0.000468. The van der Waals surface area contributed by atoms with Crippen molar-refractivity contribution in [3.05, 3.63) is 71.2 Å². The molecule has 0 bridgehead atoms. The van der Waals surface area contributed by atoms with Crippen LogP contribution in [-0.4, -0.2) is 23.0 Å². The highest BCUT2D eigenvalue weighted by Gasteiger charge is 2.23. The van der Waals surface area contributed by atoms with Crippen LogP contribution in [0.25, 0.3) is 11.3 Å². The third kappa shape index (κ3) is 4.25. The van der Waals surface area contributed by atoms with Gasteiger partial charge in [-0.15, -0.1) is 0 Å². The third-order valence-electron chi connectivity index (χ3n) is 5.12. The van der Waals surface area contributed by atoms with Crippen LogP contribution >= 0.6 is 0 Å². The van der Waals surface area contributed by atoms with Crippen LogP contribution in [0.2, 0.25) is 0 Å². The van der Waals surface area contributed by atoms with E-state index in [4.69, 9.17) is 4.74 Å². The SMILES string of the molecule is COc1ccc(-c2[nH]c(C)nc2CNC(=O)Cc2ccc(C3CC3)cc2)cc1. The molecule has 3 aromatic rings. The van der Waals surface area contributed by atoms with Gasteiger partial charge in [0.1, 0.15) is 11.6 Å². The number of ether oxygens (including phenoxy) is 1. The lowest BCUT2D eigenvalue weighted by Gasteiger charge is -2.07. The van der Waals surface area contributed by atoms with Crippen molar-refractivity contribution in [1.29, 1.82) is 0 Å². The molecule has 28 heavy (non-hydrogen) atoms. The van der Waals surface area contributed by atoms with Crippen LogP contribution in [0.1, 0.15) is 41.4 Å². The number of hydrogen-bond donors (Lipinski definition) is 2. The standard InChI is InChI=1S/C23H25N3O2/c1-15-25-21(23(26-15)19-9-11-20(28-2)12-10-19)14-24-22(27)13-16-3-5-17(6-4-16)18-7-8-18/h3-6,9-12,18H,7-8,13-14H2,1-2H3,(H,24,27)(H,25,26). The molecule has 5 heteroatoms. The highest BCUT2D eigenvalue weighted by molar-refractivity contribution is 5.78. The summed E-state index contributed by atoms with van der Waals surface area (Å²) in [4.78, 5) is 20.2. The van der Waals surface area contributed by atoms with E-state index in [9.17, 15) is 4.79 Å². The molecule has 2 aromatic carbocycles. The molecule has 0 radical (unpaired) electrons. The van der Waals surface area contributed by atoms with Crippen LogP contribution in [0, 0.1) is 6.92 Å². The molecular formula is C23H25N3O2. The summed E-state index contributed by atoms with van der Waals surface area (Å²) in [5, 5.41) is 3.00. The number of carbonyl (C=O) groups is 1. The number of amides is 1. The number of carbonyl (C=O) groups excluding carboxylic acids is 1. The Hall–Kier alpha value is -3.08. The Bertz CT molecular complexity index is 955. The van der Waals surface area contributed by atoms with Crippen LogP contribution < -0.4 is 10.1 Å². The largest absolute Gasteiger partial charge is 0.497 e. The van der Waals surface area contributed by atoms with Crippen molar-refractivity contribution in [2.24, 2.45) is 0 Å². The van der Waals surface area contributed by atoms with E-state index in [1.165, 1.54) is 18.4 Å². The van der Waals surface area contributed by atoms with Gasteiger partial charge >= 0.3 is 0 Å². The minimum absolute atomic E-state index is 0.000468. The zero-order valence-electron chi connectivity index (χ0n) is 16.3. The second-order valence-electron chi connectivity index (χ2n) is 7.34. The Kier molecular flexibility index (Phi) is 5.15. The molecule has 0 atom stereocenters. The van der Waals surface area contributed by atoms with E-state index in [0.29, 0.717) is 13.0 Å². The molecule has 4 rings (SSSR count). The van der Waals surface area contributed by atoms with E-state index in [2.05, 4.69) is 39.6 Å². The first-order valence-corrected chi connectivity index (χ1v) is 9.68. The lowest BCUT2D eigenvalue weighted by Crippen LogP contribution is -2.25. The first-order valence-electron chi connectivity index (χ1n) is 9.68. The number of aryl methyl sites for hydroxylation is 1. The summed E-state index contributed by atoms with van der Waals surface area (Å²) in [5.41, 5.74) is 5.20. The summed E-state index contributed by atoms with van der Waals surface area (Å²) >= 11 is 0. The first kappa shape index (κ1) is 18.3. The molecule has 1 fully saturated rings. The topological polar surface area (TPSA) is 67.0 Å². The van der Waals surface area contributed by atoms with Gasteiger partial charge in [-0.3, -0.25) is 4.79 Å². The van der Waals surface area contributed by atoms with Gasteiger partial charge in [-0.05, 0) is 61.1 Å². The number of imidazole rings is 1. The maximum absolute atomic E-state index is 12.4. The summed E-state index contributed by atoms with van der Waals surface area (Å²) in [7, 11) is 1.65. The monoisotopic (exact) mass is 375 g/mol. The lowest BCUT2D eigenvalue weighted by atomic mass is 10.1. The Balaban J connectivity index is 1.39. The van der Waals surface area contributed by atoms with E-state index in [-0.39, 0.29) is 5.91 Å². The summed E-state index contributed by atoms with van der Waals surface area (Å²) in [6.45, 7) is 2.31. The molecule has 5 nitrogen and oxygen atoms in total. The molecule has 2 N–H and O–H groups in total. The molecule has 0 aliphatic heterocycles. The second kappa shape index (κ2) is 7.89.